The highest BCUT2D eigenvalue weighted by Gasteiger charge is 2.37. The summed E-state index contributed by atoms with van der Waals surface area (Å²) in [6.07, 6.45) is 7.19. The maximum atomic E-state index is 3.80. The molecule has 0 aromatic carbocycles. The van der Waals surface area contributed by atoms with Crippen LogP contribution in [0.5, 0.6) is 0 Å². The fraction of sp³-hybridized carbons (Fsp3) is 1.00. The van der Waals surface area contributed by atoms with Crippen molar-refractivity contribution in [3.05, 3.63) is 0 Å². The van der Waals surface area contributed by atoms with Crippen LogP contribution in [0, 0.1) is 5.92 Å². The maximum Gasteiger partial charge on any atom is 0.0309 e. The van der Waals surface area contributed by atoms with Gasteiger partial charge in [0.25, 0.3) is 0 Å². The third-order valence-corrected chi connectivity index (χ3v) is 4.03. The quantitative estimate of drug-likeness (QED) is 0.669. The Hall–Kier alpha value is -0.0800. The molecule has 2 atom stereocenters. The molecular weight excluding hydrogens is 172 g/mol. The first-order valence-corrected chi connectivity index (χ1v) is 6.19. The highest BCUT2D eigenvalue weighted by Crippen LogP contribution is 2.33. The summed E-state index contributed by atoms with van der Waals surface area (Å²) in [5.74, 6) is 0.895. The Morgan fingerprint density at radius 3 is 2.50 bits per heavy atom. The molecule has 14 heavy (non-hydrogen) atoms. The lowest BCUT2D eigenvalue weighted by Crippen LogP contribution is -2.64. The second kappa shape index (κ2) is 4.19. The van der Waals surface area contributed by atoms with E-state index in [1.165, 1.54) is 32.1 Å². The van der Waals surface area contributed by atoms with Crippen LogP contribution in [0.1, 0.15) is 46.0 Å². The third kappa shape index (κ3) is 2.12. The van der Waals surface area contributed by atoms with E-state index in [-0.39, 0.29) is 0 Å². The fourth-order valence-corrected chi connectivity index (χ4v) is 3.22. The average Bonchev–Trinajstić information content (AvgIpc) is 2.19. The Bertz CT molecular complexity index is 187. The van der Waals surface area contributed by atoms with E-state index in [4.69, 9.17) is 0 Å². The highest BCUT2D eigenvalue weighted by atomic mass is 15.1. The number of nitrogens with one attached hydrogen (secondary N) is 2. The molecule has 0 aromatic rings. The largest absolute Gasteiger partial charge is 0.313 e. The van der Waals surface area contributed by atoms with Gasteiger partial charge in [-0.3, -0.25) is 0 Å². The van der Waals surface area contributed by atoms with Gasteiger partial charge in [0.05, 0.1) is 0 Å². The van der Waals surface area contributed by atoms with Crippen LogP contribution in [0.25, 0.3) is 0 Å². The molecule has 2 rings (SSSR count). The molecule has 1 heterocycles. The second-order valence-corrected chi connectivity index (χ2v) is 5.43. The Kier molecular flexibility index (Phi) is 3.13. The Morgan fingerprint density at radius 2 is 1.86 bits per heavy atom. The van der Waals surface area contributed by atoms with Crippen molar-refractivity contribution in [3.63, 3.8) is 0 Å². The third-order valence-electron chi connectivity index (χ3n) is 4.03. The zero-order valence-electron chi connectivity index (χ0n) is 9.60. The van der Waals surface area contributed by atoms with E-state index in [0.29, 0.717) is 11.6 Å². The molecule has 0 aromatic heterocycles. The van der Waals surface area contributed by atoms with Gasteiger partial charge in [-0.05, 0) is 32.6 Å². The summed E-state index contributed by atoms with van der Waals surface area (Å²) in [5, 5.41) is 7.36. The number of hydrogen-bond donors (Lipinski definition) is 2. The van der Waals surface area contributed by atoms with E-state index >= 15 is 0 Å². The predicted molar refractivity (Wildman–Crippen MR) is 60.4 cm³/mol. The molecule has 2 fully saturated rings. The standard InChI is InChI=1S/C12H24N2/c1-10-8-13-9-12(2,14-10)11-6-4-3-5-7-11/h10-11,13-14H,3-9H2,1-2H3. The van der Waals surface area contributed by atoms with Crippen molar-refractivity contribution in [1.29, 1.82) is 0 Å². The first-order valence-electron chi connectivity index (χ1n) is 6.19. The normalized spacial score (nSPS) is 41.1. The van der Waals surface area contributed by atoms with Gasteiger partial charge >= 0.3 is 0 Å². The van der Waals surface area contributed by atoms with Crippen molar-refractivity contribution in [1.82, 2.24) is 10.6 Å². The van der Waals surface area contributed by atoms with Crippen LogP contribution in [-0.2, 0) is 0 Å². The van der Waals surface area contributed by atoms with Crippen LogP contribution in [0.4, 0.5) is 0 Å². The van der Waals surface area contributed by atoms with Gasteiger partial charge in [-0.2, -0.15) is 0 Å². The molecule has 2 nitrogen and oxygen atoms in total. The van der Waals surface area contributed by atoms with Gasteiger partial charge in [-0.15, -0.1) is 0 Å². The summed E-state index contributed by atoms with van der Waals surface area (Å²) in [4.78, 5) is 0. The van der Waals surface area contributed by atoms with E-state index in [0.717, 1.165) is 19.0 Å². The van der Waals surface area contributed by atoms with Crippen LogP contribution >= 0.6 is 0 Å². The van der Waals surface area contributed by atoms with E-state index in [1.54, 1.807) is 0 Å². The molecule has 0 bridgehead atoms. The van der Waals surface area contributed by atoms with Gasteiger partial charge in [-0.25, -0.2) is 0 Å². The second-order valence-electron chi connectivity index (χ2n) is 5.43. The molecule has 2 N–H and O–H groups in total. The Balaban J connectivity index is 1.98. The van der Waals surface area contributed by atoms with Crippen molar-refractivity contribution in [2.75, 3.05) is 13.1 Å². The summed E-state index contributed by atoms with van der Waals surface area (Å²) >= 11 is 0. The molecule has 1 aliphatic carbocycles. The van der Waals surface area contributed by atoms with Crippen LogP contribution in [0.3, 0.4) is 0 Å². The topological polar surface area (TPSA) is 24.1 Å². The smallest absolute Gasteiger partial charge is 0.0309 e. The van der Waals surface area contributed by atoms with Crippen LogP contribution in [0.2, 0.25) is 0 Å². The average molecular weight is 196 g/mol. The van der Waals surface area contributed by atoms with Crippen LogP contribution < -0.4 is 10.6 Å². The van der Waals surface area contributed by atoms with E-state index in [2.05, 4.69) is 24.5 Å². The molecule has 1 saturated heterocycles. The SMILES string of the molecule is CC1CNCC(C)(C2CCCCC2)N1. The minimum absolute atomic E-state index is 0.359. The van der Waals surface area contributed by atoms with E-state index < -0.39 is 0 Å². The molecule has 2 heteroatoms. The van der Waals surface area contributed by atoms with Gasteiger partial charge in [0.1, 0.15) is 0 Å². The van der Waals surface area contributed by atoms with Gasteiger partial charge in [0.2, 0.25) is 0 Å². The van der Waals surface area contributed by atoms with Gasteiger partial charge in [0, 0.05) is 24.7 Å². The van der Waals surface area contributed by atoms with Crippen molar-refractivity contribution < 1.29 is 0 Å². The van der Waals surface area contributed by atoms with Gasteiger partial charge in [0.15, 0.2) is 0 Å². The first-order chi connectivity index (χ1) is 6.71. The molecule has 2 aliphatic rings. The summed E-state index contributed by atoms with van der Waals surface area (Å²) < 4.78 is 0. The molecule has 1 aliphatic heterocycles. The van der Waals surface area contributed by atoms with Crippen molar-refractivity contribution in [3.8, 4) is 0 Å². The Labute approximate surface area is 87.8 Å². The van der Waals surface area contributed by atoms with Gasteiger partial charge < -0.3 is 10.6 Å². The minimum Gasteiger partial charge on any atom is -0.313 e. The summed E-state index contributed by atoms with van der Waals surface area (Å²) in [6.45, 7) is 6.98. The first kappa shape index (κ1) is 10.4. The van der Waals surface area contributed by atoms with E-state index in [9.17, 15) is 0 Å². The molecule has 82 valence electrons. The summed E-state index contributed by atoms with van der Waals surface area (Å²) in [7, 11) is 0. The van der Waals surface area contributed by atoms with Gasteiger partial charge in [-0.1, -0.05) is 19.3 Å². The van der Waals surface area contributed by atoms with Crippen molar-refractivity contribution in [2.24, 2.45) is 5.92 Å². The fourth-order valence-electron chi connectivity index (χ4n) is 3.22. The Morgan fingerprint density at radius 1 is 1.14 bits per heavy atom. The van der Waals surface area contributed by atoms with Crippen molar-refractivity contribution in [2.45, 2.75) is 57.5 Å². The summed E-state index contributed by atoms with van der Waals surface area (Å²) in [6, 6.07) is 0.635. The minimum atomic E-state index is 0.359. The maximum absolute atomic E-state index is 3.80. The zero-order valence-corrected chi connectivity index (χ0v) is 9.60. The predicted octanol–water partition coefficient (Wildman–Crippen LogP) is 1.91. The van der Waals surface area contributed by atoms with Crippen molar-refractivity contribution >= 4 is 0 Å². The lowest BCUT2D eigenvalue weighted by molar-refractivity contribution is 0.135. The monoisotopic (exact) mass is 196 g/mol. The lowest BCUT2D eigenvalue weighted by Gasteiger charge is -2.46. The highest BCUT2D eigenvalue weighted by molar-refractivity contribution is 4.98. The number of rotatable bonds is 1. The summed E-state index contributed by atoms with van der Waals surface area (Å²) in [5.41, 5.74) is 0.359. The molecule has 0 amide bonds. The number of hydrogen-bond acceptors (Lipinski definition) is 2. The zero-order chi connectivity index (χ0) is 10.0. The lowest BCUT2D eigenvalue weighted by atomic mass is 9.74. The molecule has 1 saturated carbocycles. The molecule has 0 spiro atoms. The molecular formula is C12H24N2. The van der Waals surface area contributed by atoms with Crippen LogP contribution in [0.15, 0.2) is 0 Å². The van der Waals surface area contributed by atoms with Crippen LogP contribution in [-0.4, -0.2) is 24.7 Å². The molecule has 0 radical (unpaired) electrons. The number of piperazine rings is 1. The molecule has 2 unspecified atom stereocenters. The van der Waals surface area contributed by atoms with E-state index in [1.807, 2.05) is 0 Å².